The molecule has 0 saturated carbocycles. The van der Waals surface area contributed by atoms with E-state index in [1.54, 1.807) is 4.57 Å². The van der Waals surface area contributed by atoms with Gasteiger partial charge in [-0.25, -0.2) is 0 Å². The smallest absolute Gasteiger partial charge is 0.267 e. The van der Waals surface area contributed by atoms with Crippen LogP contribution >= 0.6 is 12.2 Å². The molecule has 0 spiro atoms. The van der Waals surface area contributed by atoms with Crippen LogP contribution in [-0.2, 0) is 19.5 Å². The Kier molecular flexibility index (Phi) is 6.70. The average molecular weight is 359 g/mol. The van der Waals surface area contributed by atoms with E-state index in [-0.39, 0.29) is 23.0 Å². The summed E-state index contributed by atoms with van der Waals surface area (Å²) in [6.07, 6.45) is 3.28. The number of rotatable bonds is 7. The van der Waals surface area contributed by atoms with Crippen LogP contribution in [0.5, 0.6) is 5.88 Å². The zero-order valence-electron chi connectivity index (χ0n) is 15.0. The minimum absolute atomic E-state index is 0.0485. The molecule has 0 amide bonds. The Hall–Kier alpha value is -2.21. The van der Waals surface area contributed by atoms with Gasteiger partial charge in [-0.1, -0.05) is 30.3 Å². The van der Waals surface area contributed by atoms with Crippen LogP contribution in [0.3, 0.4) is 0 Å². The topological polar surface area (TPSA) is 59.5 Å². The first-order valence-corrected chi connectivity index (χ1v) is 9.04. The van der Waals surface area contributed by atoms with Crippen molar-refractivity contribution in [3.63, 3.8) is 0 Å². The molecule has 0 radical (unpaired) electrons. The Bertz CT molecular complexity index is 853. The van der Waals surface area contributed by atoms with E-state index in [0.29, 0.717) is 17.9 Å². The maximum atomic E-state index is 12.5. The third-order valence-corrected chi connectivity index (χ3v) is 4.66. The van der Waals surface area contributed by atoms with Gasteiger partial charge in [0.2, 0.25) is 5.88 Å². The summed E-state index contributed by atoms with van der Waals surface area (Å²) in [7, 11) is 0. The van der Waals surface area contributed by atoms with Crippen LogP contribution in [-0.4, -0.2) is 26.5 Å². The molecule has 0 bridgehead atoms. The molecule has 1 aromatic heterocycles. The van der Waals surface area contributed by atoms with E-state index in [1.807, 2.05) is 39.0 Å². The summed E-state index contributed by atoms with van der Waals surface area (Å²) in [6, 6.07) is 10.3. The Balaban J connectivity index is 2.22. The maximum Gasteiger partial charge on any atom is 0.267 e. The minimum atomic E-state index is -0.297. The largest absolute Gasteiger partial charge is 0.494 e. The molecule has 0 fully saturated rings. The van der Waals surface area contributed by atoms with Crippen molar-refractivity contribution in [1.82, 2.24) is 9.13 Å². The lowest BCUT2D eigenvalue weighted by atomic mass is 10.1. The standard InChI is InChI=1S/C19H25N3O2S/c1-4-21-17(23)16(18(24)22(5-2)19(21)25)13-20-14(3)11-12-15-9-7-6-8-10-15/h6-10,13-14,23H,4-5,11-12H2,1-3H3/t14-/m1/s1. The van der Waals surface area contributed by atoms with Crippen LogP contribution in [0.4, 0.5) is 0 Å². The number of aliphatic imine (C=N–C) groups is 1. The van der Waals surface area contributed by atoms with Crippen LogP contribution in [0.25, 0.3) is 0 Å². The van der Waals surface area contributed by atoms with Gasteiger partial charge < -0.3 is 5.11 Å². The lowest BCUT2D eigenvalue weighted by Gasteiger charge is -2.14. The van der Waals surface area contributed by atoms with Gasteiger partial charge in [-0.2, -0.15) is 0 Å². The number of hydrogen-bond donors (Lipinski definition) is 1. The molecule has 1 N–H and O–H groups in total. The molecule has 134 valence electrons. The van der Waals surface area contributed by atoms with Crippen molar-refractivity contribution < 1.29 is 5.11 Å². The van der Waals surface area contributed by atoms with Gasteiger partial charge in [-0.15, -0.1) is 0 Å². The molecule has 0 aliphatic rings. The highest BCUT2D eigenvalue weighted by atomic mass is 32.1. The van der Waals surface area contributed by atoms with Crippen LogP contribution in [0.2, 0.25) is 0 Å². The van der Waals surface area contributed by atoms with Gasteiger partial charge in [0.05, 0.1) is 0 Å². The second kappa shape index (κ2) is 8.76. The van der Waals surface area contributed by atoms with E-state index in [4.69, 9.17) is 12.2 Å². The van der Waals surface area contributed by atoms with Gasteiger partial charge >= 0.3 is 0 Å². The predicted octanol–water partition coefficient (Wildman–Crippen LogP) is 3.56. The molecule has 1 heterocycles. The van der Waals surface area contributed by atoms with Crippen molar-refractivity contribution in [1.29, 1.82) is 0 Å². The molecule has 0 unspecified atom stereocenters. The summed E-state index contributed by atoms with van der Waals surface area (Å²) < 4.78 is 3.37. The molecule has 0 saturated heterocycles. The quantitative estimate of drug-likeness (QED) is 0.607. The molecule has 5 nitrogen and oxygen atoms in total. The van der Waals surface area contributed by atoms with Gasteiger partial charge in [-0.05, 0) is 51.4 Å². The van der Waals surface area contributed by atoms with E-state index in [9.17, 15) is 9.90 Å². The predicted molar refractivity (Wildman–Crippen MR) is 104 cm³/mol. The Labute approximate surface area is 153 Å². The number of aryl methyl sites for hydroxylation is 1. The summed E-state index contributed by atoms with van der Waals surface area (Å²) in [5.41, 5.74) is 1.16. The Morgan fingerprint density at radius 2 is 1.84 bits per heavy atom. The van der Waals surface area contributed by atoms with Crippen LogP contribution in [0, 0.1) is 4.77 Å². The highest BCUT2D eigenvalue weighted by Gasteiger charge is 2.14. The first kappa shape index (κ1) is 19.1. The van der Waals surface area contributed by atoms with Crippen molar-refractivity contribution in [2.45, 2.75) is 52.7 Å². The van der Waals surface area contributed by atoms with Gasteiger partial charge in [0.25, 0.3) is 5.56 Å². The van der Waals surface area contributed by atoms with Crippen molar-refractivity contribution in [2.24, 2.45) is 4.99 Å². The summed E-state index contributed by atoms with van der Waals surface area (Å²) >= 11 is 5.28. The fraction of sp³-hybridized carbons (Fsp3) is 0.421. The Morgan fingerprint density at radius 1 is 1.20 bits per heavy atom. The first-order chi connectivity index (χ1) is 12.0. The zero-order valence-corrected chi connectivity index (χ0v) is 15.8. The molecular weight excluding hydrogens is 334 g/mol. The van der Waals surface area contributed by atoms with Crippen LogP contribution in [0.15, 0.2) is 40.1 Å². The first-order valence-electron chi connectivity index (χ1n) is 8.63. The lowest BCUT2D eigenvalue weighted by molar-refractivity contribution is 0.399. The number of aromatic nitrogens is 2. The Morgan fingerprint density at radius 3 is 2.44 bits per heavy atom. The second-order valence-corrected chi connectivity index (χ2v) is 6.33. The number of hydrogen-bond acceptors (Lipinski definition) is 4. The van der Waals surface area contributed by atoms with E-state index < -0.39 is 0 Å². The number of aromatic hydroxyl groups is 1. The summed E-state index contributed by atoms with van der Waals surface area (Å²) in [5, 5.41) is 10.4. The van der Waals surface area contributed by atoms with Gasteiger partial charge in [0.1, 0.15) is 5.56 Å². The molecule has 1 aromatic carbocycles. The normalized spacial score (nSPS) is 12.6. The minimum Gasteiger partial charge on any atom is -0.494 e. The molecule has 6 heteroatoms. The van der Waals surface area contributed by atoms with E-state index in [0.717, 1.165) is 12.8 Å². The molecule has 25 heavy (non-hydrogen) atoms. The average Bonchev–Trinajstić information content (AvgIpc) is 2.61. The van der Waals surface area contributed by atoms with Crippen molar-refractivity contribution in [2.75, 3.05) is 0 Å². The fourth-order valence-corrected chi connectivity index (χ4v) is 3.11. The van der Waals surface area contributed by atoms with E-state index in [1.165, 1.54) is 16.3 Å². The van der Waals surface area contributed by atoms with Crippen molar-refractivity contribution in [3.05, 3.63) is 56.6 Å². The monoisotopic (exact) mass is 359 g/mol. The fourth-order valence-electron chi connectivity index (χ4n) is 2.68. The van der Waals surface area contributed by atoms with Gasteiger partial charge in [-0.3, -0.25) is 18.9 Å². The summed E-state index contributed by atoms with van der Waals surface area (Å²) in [6.45, 7) is 6.70. The molecule has 0 aliphatic carbocycles. The third-order valence-electron chi connectivity index (χ3n) is 4.22. The van der Waals surface area contributed by atoms with Crippen LogP contribution < -0.4 is 5.56 Å². The van der Waals surface area contributed by atoms with Crippen molar-refractivity contribution in [3.8, 4) is 5.88 Å². The molecule has 0 aliphatic heterocycles. The van der Waals surface area contributed by atoms with Crippen LogP contribution in [0.1, 0.15) is 38.3 Å². The molecule has 2 rings (SSSR count). The number of benzene rings is 1. The maximum absolute atomic E-state index is 12.5. The highest BCUT2D eigenvalue weighted by molar-refractivity contribution is 7.71. The second-order valence-electron chi connectivity index (χ2n) is 5.96. The SMILES string of the molecule is CCn1c(O)c(C=N[C@H](C)CCc2ccccc2)c(=O)n(CC)c1=S. The van der Waals surface area contributed by atoms with Crippen molar-refractivity contribution >= 4 is 18.4 Å². The summed E-state index contributed by atoms with van der Waals surface area (Å²) in [5.74, 6) is -0.110. The third kappa shape index (κ3) is 4.45. The van der Waals surface area contributed by atoms with Gasteiger partial charge in [0, 0.05) is 25.3 Å². The highest BCUT2D eigenvalue weighted by Crippen LogP contribution is 2.14. The molecular formula is C19H25N3O2S. The van der Waals surface area contributed by atoms with E-state index in [2.05, 4.69) is 17.1 Å². The number of nitrogens with zero attached hydrogens (tertiary/aromatic N) is 3. The van der Waals surface area contributed by atoms with Gasteiger partial charge in [0.15, 0.2) is 4.77 Å². The molecule has 2 aromatic rings. The van der Waals surface area contributed by atoms with E-state index >= 15 is 0 Å². The molecule has 1 atom stereocenters. The lowest BCUT2D eigenvalue weighted by Crippen LogP contribution is -2.28. The zero-order chi connectivity index (χ0) is 18.4. The summed E-state index contributed by atoms with van der Waals surface area (Å²) in [4.78, 5) is 17.0.